The van der Waals surface area contributed by atoms with E-state index in [9.17, 15) is 4.79 Å². The number of ether oxygens (including phenoxy) is 2. The Morgan fingerprint density at radius 2 is 1.87 bits per heavy atom. The van der Waals surface area contributed by atoms with Gasteiger partial charge in [-0.15, -0.1) is 0 Å². The molecule has 1 aliphatic heterocycles. The zero-order chi connectivity index (χ0) is 20.8. The normalized spacial score (nSPS) is 13.8. The molecule has 0 amide bonds. The molecule has 3 heterocycles. The Morgan fingerprint density at radius 3 is 2.57 bits per heavy atom. The van der Waals surface area contributed by atoms with Crippen LogP contribution < -0.4 is 4.90 Å². The summed E-state index contributed by atoms with van der Waals surface area (Å²) >= 11 is 0. The highest BCUT2D eigenvalue weighted by Crippen LogP contribution is 2.19. The van der Waals surface area contributed by atoms with Gasteiger partial charge in [-0.2, -0.15) is 0 Å². The Labute approximate surface area is 175 Å². The van der Waals surface area contributed by atoms with E-state index in [1.165, 1.54) is 0 Å². The molecular formula is C23H24N4O3. The number of rotatable bonds is 6. The summed E-state index contributed by atoms with van der Waals surface area (Å²) in [5, 5.41) is 0. The molecular weight excluding hydrogens is 380 g/mol. The second-order valence-electron chi connectivity index (χ2n) is 6.96. The van der Waals surface area contributed by atoms with Gasteiger partial charge in [0, 0.05) is 37.5 Å². The van der Waals surface area contributed by atoms with Crippen LogP contribution in [0.4, 0.5) is 5.82 Å². The maximum atomic E-state index is 11.8. The molecule has 7 heteroatoms. The van der Waals surface area contributed by atoms with Crippen LogP contribution in [0, 0.1) is 0 Å². The van der Waals surface area contributed by atoms with Crippen LogP contribution in [0.5, 0.6) is 0 Å². The van der Waals surface area contributed by atoms with Gasteiger partial charge in [0.2, 0.25) is 0 Å². The van der Waals surface area contributed by atoms with Crippen LogP contribution >= 0.6 is 0 Å². The highest BCUT2D eigenvalue weighted by atomic mass is 16.5. The van der Waals surface area contributed by atoms with E-state index in [1.54, 1.807) is 25.3 Å². The number of anilines is 1. The highest BCUT2D eigenvalue weighted by molar-refractivity contribution is 5.89. The fraction of sp³-hybridized carbons (Fsp3) is 0.304. The number of hydrogen-bond donors (Lipinski definition) is 0. The lowest BCUT2D eigenvalue weighted by Crippen LogP contribution is -2.36. The van der Waals surface area contributed by atoms with E-state index < -0.39 is 0 Å². The first-order chi connectivity index (χ1) is 14.7. The highest BCUT2D eigenvalue weighted by Gasteiger charge is 2.12. The van der Waals surface area contributed by atoms with Crippen molar-refractivity contribution < 1.29 is 14.3 Å². The first kappa shape index (κ1) is 20.0. The van der Waals surface area contributed by atoms with Crippen molar-refractivity contribution in [1.82, 2.24) is 15.0 Å². The van der Waals surface area contributed by atoms with Gasteiger partial charge in [-0.05, 0) is 36.8 Å². The topological polar surface area (TPSA) is 77.4 Å². The number of carbonyl (C=O) groups is 1. The maximum Gasteiger partial charge on any atom is 0.338 e. The van der Waals surface area contributed by atoms with Crippen molar-refractivity contribution in [3.8, 4) is 11.3 Å². The summed E-state index contributed by atoms with van der Waals surface area (Å²) in [4.78, 5) is 27.7. The molecule has 3 aromatic rings. The second-order valence-corrected chi connectivity index (χ2v) is 6.96. The molecule has 0 radical (unpaired) electrons. The summed E-state index contributed by atoms with van der Waals surface area (Å²) in [7, 11) is 0. The van der Waals surface area contributed by atoms with E-state index in [1.807, 2.05) is 30.5 Å². The number of pyridine rings is 1. The molecule has 2 aromatic heterocycles. The summed E-state index contributed by atoms with van der Waals surface area (Å²) in [5.41, 5.74) is 3.32. The van der Waals surface area contributed by atoms with Crippen molar-refractivity contribution in [2.24, 2.45) is 0 Å². The van der Waals surface area contributed by atoms with Gasteiger partial charge in [-0.25, -0.2) is 19.7 Å². The molecule has 0 spiro atoms. The standard InChI is InChI=1S/C23H24N4O3/c1-2-30-23(28)19-6-4-18(5-7-19)20-9-10-24-21(26-20)15-17-3-8-22(25-16-17)27-11-13-29-14-12-27/h3-10,16H,2,11-15H2,1H3. The van der Waals surface area contributed by atoms with Crippen LogP contribution in [0.15, 0.2) is 54.9 Å². The van der Waals surface area contributed by atoms with E-state index in [2.05, 4.69) is 25.9 Å². The molecule has 154 valence electrons. The van der Waals surface area contributed by atoms with Crippen molar-refractivity contribution in [1.29, 1.82) is 0 Å². The molecule has 1 aromatic carbocycles. The smallest absolute Gasteiger partial charge is 0.338 e. The lowest BCUT2D eigenvalue weighted by Gasteiger charge is -2.27. The Morgan fingerprint density at radius 1 is 1.07 bits per heavy atom. The van der Waals surface area contributed by atoms with Crippen molar-refractivity contribution in [2.45, 2.75) is 13.3 Å². The van der Waals surface area contributed by atoms with Gasteiger partial charge in [-0.1, -0.05) is 18.2 Å². The summed E-state index contributed by atoms with van der Waals surface area (Å²) in [5.74, 6) is 1.38. The average Bonchev–Trinajstić information content (AvgIpc) is 2.81. The Bertz CT molecular complexity index is 984. The number of carbonyl (C=O) groups excluding carboxylic acids is 1. The Kier molecular flexibility index (Phi) is 6.29. The monoisotopic (exact) mass is 404 g/mol. The van der Waals surface area contributed by atoms with E-state index in [0.29, 0.717) is 18.6 Å². The number of benzene rings is 1. The third kappa shape index (κ3) is 4.80. The van der Waals surface area contributed by atoms with Crippen LogP contribution in [0.25, 0.3) is 11.3 Å². The largest absolute Gasteiger partial charge is 0.462 e. The van der Waals surface area contributed by atoms with Gasteiger partial charge in [-0.3, -0.25) is 0 Å². The Balaban J connectivity index is 1.45. The van der Waals surface area contributed by atoms with Gasteiger partial charge in [0.25, 0.3) is 0 Å². The van der Waals surface area contributed by atoms with E-state index in [4.69, 9.17) is 9.47 Å². The fourth-order valence-electron chi connectivity index (χ4n) is 3.32. The minimum absolute atomic E-state index is 0.319. The van der Waals surface area contributed by atoms with Crippen molar-refractivity contribution in [2.75, 3.05) is 37.8 Å². The van der Waals surface area contributed by atoms with E-state index >= 15 is 0 Å². The maximum absolute atomic E-state index is 11.8. The third-order valence-corrected chi connectivity index (χ3v) is 4.90. The van der Waals surface area contributed by atoms with Crippen LogP contribution in [-0.2, 0) is 15.9 Å². The summed E-state index contributed by atoms with van der Waals surface area (Å²) < 4.78 is 10.4. The van der Waals surface area contributed by atoms with Crippen LogP contribution in [0.3, 0.4) is 0 Å². The van der Waals surface area contributed by atoms with Gasteiger partial charge in [0.1, 0.15) is 11.6 Å². The first-order valence-corrected chi connectivity index (χ1v) is 10.1. The van der Waals surface area contributed by atoms with E-state index in [0.717, 1.165) is 54.8 Å². The molecule has 7 nitrogen and oxygen atoms in total. The van der Waals surface area contributed by atoms with Gasteiger partial charge >= 0.3 is 5.97 Å². The molecule has 30 heavy (non-hydrogen) atoms. The van der Waals surface area contributed by atoms with Crippen LogP contribution in [0.2, 0.25) is 0 Å². The molecule has 0 unspecified atom stereocenters. The molecule has 1 fully saturated rings. The fourth-order valence-corrected chi connectivity index (χ4v) is 3.32. The number of aromatic nitrogens is 3. The lowest BCUT2D eigenvalue weighted by molar-refractivity contribution is 0.0526. The Hall–Kier alpha value is -3.32. The van der Waals surface area contributed by atoms with Crippen molar-refractivity contribution in [3.05, 3.63) is 71.8 Å². The van der Waals surface area contributed by atoms with Crippen molar-refractivity contribution >= 4 is 11.8 Å². The van der Waals surface area contributed by atoms with Gasteiger partial charge in [0.05, 0.1) is 31.1 Å². The quantitative estimate of drug-likeness (QED) is 0.584. The molecule has 1 aliphatic rings. The molecule has 1 saturated heterocycles. The molecule has 0 saturated carbocycles. The summed E-state index contributed by atoms with van der Waals surface area (Å²) in [6, 6.07) is 13.2. The third-order valence-electron chi connectivity index (χ3n) is 4.90. The summed E-state index contributed by atoms with van der Waals surface area (Å²) in [6.07, 6.45) is 4.24. The number of esters is 1. The first-order valence-electron chi connectivity index (χ1n) is 10.1. The van der Waals surface area contributed by atoms with E-state index in [-0.39, 0.29) is 5.97 Å². The lowest BCUT2D eigenvalue weighted by atomic mass is 10.1. The number of hydrogen-bond acceptors (Lipinski definition) is 7. The van der Waals surface area contributed by atoms with Gasteiger partial charge < -0.3 is 14.4 Å². The predicted molar refractivity (Wildman–Crippen MR) is 113 cm³/mol. The number of nitrogens with zero attached hydrogens (tertiary/aromatic N) is 4. The average molecular weight is 404 g/mol. The SMILES string of the molecule is CCOC(=O)c1ccc(-c2ccnc(Cc3ccc(N4CCOCC4)nc3)n2)cc1. The summed E-state index contributed by atoms with van der Waals surface area (Å²) in [6.45, 7) is 5.37. The molecule has 0 N–H and O–H groups in total. The zero-order valence-electron chi connectivity index (χ0n) is 17.0. The minimum Gasteiger partial charge on any atom is -0.462 e. The van der Waals surface area contributed by atoms with Crippen LogP contribution in [-0.4, -0.2) is 53.8 Å². The predicted octanol–water partition coefficient (Wildman–Crippen LogP) is 3.14. The van der Waals surface area contributed by atoms with Gasteiger partial charge in [0.15, 0.2) is 0 Å². The molecule has 0 aliphatic carbocycles. The molecule has 0 bridgehead atoms. The zero-order valence-corrected chi connectivity index (χ0v) is 17.0. The van der Waals surface area contributed by atoms with Crippen LogP contribution in [0.1, 0.15) is 28.7 Å². The minimum atomic E-state index is -0.319. The molecule has 0 atom stereocenters. The second kappa shape index (κ2) is 9.45. The molecule has 4 rings (SSSR count). The number of morpholine rings is 1. The van der Waals surface area contributed by atoms with Crippen molar-refractivity contribution in [3.63, 3.8) is 0 Å².